The lowest BCUT2D eigenvalue weighted by molar-refractivity contribution is -0.125. The second-order valence-electron chi connectivity index (χ2n) is 6.13. The lowest BCUT2D eigenvalue weighted by Gasteiger charge is -2.24. The summed E-state index contributed by atoms with van der Waals surface area (Å²) >= 11 is 5.94. The first kappa shape index (κ1) is 17.2. The van der Waals surface area contributed by atoms with E-state index in [1.807, 2.05) is 0 Å². The van der Waals surface area contributed by atoms with Crippen LogP contribution in [-0.2, 0) is 9.59 Å². The van der Waals surface area contributed by atoms with Gasteiger partial charge in [-0.25, -0.2) is 9.07 Å². The molecule has 136 valence electrons. The van der Waals surface area contributed by atoms with E-state index in [4.69, 9.17) is 11.6 Å². The van der Waals surface area contributed by atoms with E-state index in [9.17, 15) is 14.0 Å². The molecular weight excluding hydrogens is 371 g/mol. The highest BCUT2D eigenvalue weighted by Gasteiger charge is 2.33. The van der Waals surface area contributed by atoms with E-state index in [2.05, 4.69) is 15.7 Å². The molecule has 0 radical (unpaired) electrons. The number of anilines is 2. The van der Waals surface area contributed by atoms with Gasteiger partial charge < -0.3 is 10.6 Å². The third-order valence-corrected chi connectivity index (χ3v) is 4.51. The lowest BCUT2D eigenvalue weighted by atomic mass is 10.1. The molecule has 0 unspecified atom stereocenters. The number of nitrogens with one attached hydrogen (secondary N) is 2. The molecule has 0 saturated carbocycles. The van der Waals surface area contributed by atoms with E-state index in [0.717, 1.165) is 0 Å². The topological polar surface area (TPSA) is 76.0 Å². The number of aromatic nitrogens is 2. The molecule has 2 heterocycles. The van der Waals surface area contributed by atoms with Crippen LogP contribution in [0.25, 0.3) is 11.1 Å². The summed E-state index contributed by atoms with van der Waals surface area (Å²) in [6.07, 6.45) is 1.51. The third kappa shape index (κ3) is 3.41. The van der Waals surface area contributed by atoms with Crippen LogP contribution in [0.4, 0.5) is 15.9 Å². The Morgan fingerprint density at radius 2 is 2.04 bits per heavy atom. The molecule has 1 aliphatic rings. The van der Waals surface area contributed by atoms with Crippen LogP contribution in [0, 0.1) is 5.82 Å². The minimum absolute atomic E-state index is 0.0378. The van der Waals surface area contributed by atoms with E-state index in [-0.39, 0.29) is 24.1 Å². The first-order chi connectivity index (χ1) is 13.0. The summed E-state index contributed by atoms with van der Waals surface area (Å²) in [5.74, 6) is -0.619. The second kappa shape index (κ2) is 6.85. The van der Waals surface area contributed by atoms with Gasteiger partial charge in [0, 0.05) is 16.3 Å². The number of amides is 2. The highest BCUT2D eigenvalue weighted by Crippen LogP contribution is 2.34. The highest BCUT2D eigenvalue weighted by atomic mass is 35.5. The molecule has 0 spiro atoms. The number of fused-ring (bicyclic) bond motifs is 1. The van der Waals surface area contributed by atoms with E-state index in [1.54, 1.807) is 42.6 Å². The molecule has 0 fully saturated rings. The highest BCUT2D eigenvalue weighted by molar-refractivity contribution is 6.30. The van der Waals surface area contributed by atoms with Gasteiger partial charge in [-0.15, -0.1) is 0 Å². The Balaban J connectivity index is 1.66. The van der Waals surface area contributed by atoms with Crippen molar-refractivity contribution in [1.29, 1.82) is 0 Å². The predicted octanol–water partition coefficient (Wildman–Crippen LogP) is 3.86. The van der Waals surface area contributed by atoms with Crippen LogP contribution in [0.3, 0.4) is 0 Å². The van der Waals surface area contributed by atoms with Crippen LogP contribution in [0.5, 0.6) is 0 Å². The Hall–Kier alpha value is -3.19. The van der Waals surface area contributed by atoms with Gasteiger partial charge in [-0.1, -0.05) is 29.8 Å². The summed E-state index contributed by atoms with van der Waals surface area (Å²) in [5, 5.41) is 10.3. The number of rotatable bonds is 3. The third-order valence-electron chi connectivity index (χ3n) is 4.28. The fraction of sp³-hybridized carbons (Fsp3) is 0.105. The number of carbonyl (C=O) groups is 2. The molecule has 1 atom stereocenters. The van der Waals surface area contributed by atoms with E-state index in [0.29, 0.717) is 27.7 Å². The summed E-state index contributed by atoms with van der Waals surface area (Å²) in [6, 6.07) is 11.8. The van der Waals surface area contributed by atoms with Gasteiger partial charge in [-0.2, -0.15) is 5.10 Å². The molecule has 6 nitrogen and oxygen atoms in total. The Kier molecular flexibility index (Phi) is 4.37. The van der Waals surface area contributed by atoms with E-state index >= 15 is 0 Å². The van der Waals surface area contributed by atoms with Crippen molar-refractivity contribution in [3.8, 4) is 11.1 Å². The van der Waals surface area contributed by atoms with Crippen molar-refractivity contribution in [1.82, 2.24) is 9.78 Å². The van der Waals surface area contributed by atoms with Crippen LogP contribution in [-0.4, -0.2) is 21.6 Å². The summed E-state index contributed by atoms with van der Waals surface area (Å²) in [4.78, 5) is 24.9. The summed E-state index contributed by atoms with van der Waals surface area (Å²) < 4.78 is 14.7. The Morgan fingerprint density at radius 3 is 2.78 bits per heavy atom. The fourth-order valence-electron chi connectivity index (χ4n) is 3.00. The minimum Gasteiger partial charge on any atom is -0.324 e. The van der Waals surface area contributed by atoms with E-state index < -0.39 is 6.04 Å². The largest absolute Gasteiger partial charge is 0.324 e. The zero-order valence-corrected chi connectivity index (χ0v) is 14.7. The quantitative estimate of drug-likeness (QED) is 0.719. The number of nitrogens with zero attached hydrogens (tertiary/aromatic N) is 2. The van der Waals surface area contributed by atoms with Gasteiger partial charge in [-0.05, 0) is 35.9 Å². The van der Waals surface area contributed by atoms with Gasteiger partial charge in [0.2, 0.25) is 11.8 Å². The summed E-state index contributed by atoms with van der Waals surface area (Å²) in [5.41, 5.74) is 1.84. The molecule has 27 heavy (non-hydrogen) atoms. The molecule has 4 rings (SSSR count). The number of halogens is 2. The zero-order valence-electron chi connectivity index (χ0n) is 13.9. The molecule has 3 aromatic rings. The molecule has 0 aliphatic carbocycles. The van der Waals surface area contributed by atoms with Gasteiger partial charge >= 0.3 is 0 Å². The lowest BCUT2D eigenvalue weighted by Crippen LogP contribution is -2.35. The maximum Gasteiger partial charge on any atom is 0.249 e. The number of carbonyl (C=O) groups excluding carboxylic acids is 2. The zero-order chi connectivity index (χ0) is 19.0. The van der Waals surface area contributed by atoms with E-state index in [1.165, 1.54) is 16.8 Å². The van der Waals surface area contributed by atoms with Crippen LogP contribution in [0.2, 0.25) is 5.02 Å². The molecule has 2 N–H and O–H groups in total. The maximum atomic E-state index is 13.2. The fourth-order valence-corrected chi connectivity index (χ4v) is 3.19. The Bertz CT molecular complexity index is 1030. The van der Waals surface area contributed by atoms with Crippen molar-refractivity contribution >= 4 is 34.9 Å². The molecule has 0 bridgehead atoms. The van der Waals surface area contributed by atoms with Crippen molar-refractivity contribution in [3.63, 3.8) is 0 Å². The SMILES string of the molecule is O=C1C[C@H](C(=O)Nc2cccc(Cl)c2)n2ncc(-c3ccc(F)cc3)c2N1. The number of hydrogen-bond acceptors (Lipinski definition) is 3. The second-order valence-corrected chi connectivity index (χ2v) is 6.56. The molecule has 2 amide bonds. The standard InChI is InChI=1S/C19H14ClFN4O2/c20-12-2-1-3-14(8-12)23-19(27)16-9-17(26)24-18-15(10-22-25(16)18)11-4-6-13(21)7-5-11/h1-8,10,16H,9H2,(H,23,27)(H,24,26)/t16-/m1/s1. The van der Waals surface area contributed by atoms with Gasteiger partial charge in [0.05, 0.1) is 12.6 Å². The van der Waals surface area contributed by atoms with Crippen molar-refractivity contribution in [3.05, 3.63) is 65.6 Å². The Labute approximate surface area is 158 Å². The predicted molar refractivity (Wildman–Crippen MR) is 100.0 cm³/mol. The van der Waals surface area contributed by atoms with Crippen LogP contribution in [0.15, 0.2) is 54.7 Å². The number of benzene rings is 2. The van der Waals surface area contributed by atoms with Crippen molar-refractivity contribution in [2.45, 2.75) is 12.5 Å². The smallest absolute Gasteiger partial charge is 0.249 e. The molecular formula is C19H14ClFN4O2. The summed E-state index contributed by atoms with van der Waals surface area (Å²) in [6.45, 7) is 0. The molecule has 8 heteroatoms. The first-order valence-corrected chi connectivity index (χ1v) is 8.59. The van der Waals surface area contributed by atoms with Crippen LogP contribution in [0.1, 0.15) is 12.5 Å². The summed E-state index contributed by atoms with van der Waals surface area (Å²) in [7, 11) is 0. The maximum absolute atomic E-state index is 13.2. The van der Waals surface area contributed by atoms with Gasteiger partial charge in [0.1, 0.15) is 17.7 Å². The molecule has 0 saturated heterocycles. The normalized spacial score (nSPS) is 15.8. The van der Waals surface area contributed by atoms with Crippen LogP contribution < -0.4 is 10.6 Å². The van der Waals surface area contributed by atoms with Gasteiger partial charge in [0.15, 0.2) is 0 Å². The average Bonchev–Trinajstić information content (AvgIpc) is 3.05. The van der Waals surface area contributed by atoms with Crippen molar-refractivity contribution in [2.24, 2.45) is 0 Å². The van der Waals surface area contributed by atoms with Gasteiger partial charge in [-0.3, -0.25) is 9.59 Å². The first-order valence-electron chi connectivity index (χ1n) is 8.21. The average molecular weight is 385 g/mol. The molecule has 1 aliphatic heterocycles. The van der Waals surface area contributed by atoms with Crippen LogP contribution >= 0.6 is 11.6 Å². The van der Waals surface area contributed by atoms with Crippen molar-refractivity contribution in [2.75, 3.05) is 10.6 Å². The Morgan fingerprint density at radius 1 is 1.26 bits per heavy atom. The van der Waals surface area contributed by atoms with Gasteiger partial charge in [0.25, 0.3) is 0 Å². The monoisotopic (exact) mass is 384 g/mol. The molecule has 1 aromatic heterocycles. The minimum atomic E-state index is -0.804. The molecule has 2 aromatic carbocycles. The van der Waals surface area contributed by atoms with Crippen molar-refractivity contribution < 1.29 is 14.0 Å². The number of hydrogen-bond donors (Lipinski definition) is 2.